The Bertz CT molecular complexity index is 1470. The van der Waals surface area contributed by atoms with Gasteiger partial charge in [-0.2, -0.15) is 0 Å². The van der Waals surface area contributed by atoms with Gasteiger partial charge in [0.25, 0.3) is 5.56 Å². The number of anilines is 2. The van der Waals surface area contributed by atoms with Crippen molar-refractivity contribution < 1.29 is 0 Å². The van der Waals surface area contributed by atoms with E-state index in [-0.39, 0.29) is 5.56 Å². The number of thioether (sulfide) groups is 1. The predicted octanol–water partition coefficient (Wildman–Crippen LogP) is 4.09. The molecule has 156 valence electrons. The Morgan fingerprint density at radius 2 is 1.77 bits per heavy atom. The molecule has 0 spiro atoms. The number of hydrogen-bond acceptors (Lipinski definition) is 8. The molecule has 0 aliphatic rings. The van der Waals surface area contributed by atoms with E-state index in [4.69, 9.17) is 0 Å². The molecule has 0 unspecified atom stereocenters. The number of rotatable bonds is 5. The Balaban J connectivity index is 1.42. The van der Waals surface area contributed by atoms with Gasteiger partial charge in [-0.15, -0.1) is 20.4 Å². The molecule has 0 amide bonds. The summed E-state index contributed by atoms with van der Waals surface area (Å²) in [5.74, 6) is 1.84. The first-order chi connectivity index (χ1) is 15.0. The van der Waals surface area contributed by atoms with Crippen molar-refractivity contribution in [2.75, 3.05) is 5.32 Å². The molecular weight excluding hydrogens is 430 g/mol. The maximum absolute atomic E-state index is 12.7. The summed E-state index contributed by atoms with van der Waals surface area (Å²) in [6, 6.07) is 14.0. The van der Waals surface area contributed by atoms with Gasteiger partial charge in [0.2, 0.25) is 10.9 Å². The Morgan fingerprint density at radius 3 is 2.58 bits per heavy atom. The molecule has 5 aromatic rings. The van der Waals surface area contributed by atoms with E-state index >= 15 is 0 Å². The average Bonchev–Trinajstić information content (AvgIpc) is 3.39. The number of benzene rings is 2. The van der Waals surface area contributed by atoms with E-state index in [1.54, 1.807) is 18.8 Å². The summed E-state index contributed by atoms with van der Waals surface area (Å²) in [5, 5.41) is 21.8. The van der Waals surface area contributed by atoms with Gasteiger partial charge in [-0.1, -0.05) is 52.4 Å². The quantitative estimate of drug-likeness (QED) is 0.404. The standard InChI is InChI=1S/C21H19N7OS2/c1-12-4-7-14(8-5-12)22-19-24-26-21(31-19)30-11-17-23-25-20-27(3)18(29)15-10-13(2)6-9-16(15)28(17)20/h4-10H,11H2,1-3H3,(H,22,24). The third kappa shape index (κ3) is 3.68. The lowest BCUT2D eigenvalue weighted by Gasteiger charge is -2.08. The molecule has 10 heteroatoms. The number of nitrogens with zero attached hydrogens (tertiary/aromatic N) is 6. The van der Waals surface area contributed by atoms with E-state index in [0.717, 1.165) is 32.1 Å². The molecule has 31 heavy (non-hydrogen) atoms. The first-order valence-corrected chi connectivity index (χ1v) is 11.4. The van der Waals surface area contributed by atoms with Crippen molar-refractivity contribution in [3.05, 3.63) is 69.8 Å². The molecule has 8 nitrogen and oxygen atoms in total. The van der Waals surface area contributed by atoms with Crippen molar-refractivity contribution in [2.45, 2.75) is 23.9 Å². The van der Waals surface area contributed by atoms with E-state index in [0.29, 0.717) is 16.9 Å². The topological polar surface area (TPSA) is 90.0 Å². The van der Waals surface area contributed by atoms with Gasteiger partial charge in [-0.25, -0.2) is 0 Å². The fourth-order valence-electron chi connectivity index (χ4n) is 3.36. The van der Waals surface area contributed by atoms with Crippen molar-refractivity contribution in [3.63, 3.8) is 0 Å². The Kier molecular flexibility index (Phi) is 4.95. The van der Waals surface area contributed by atoms with Gasteiger partial charge >= 0.3 is 0 Å². The molecule has 3 aromatic heterocycles. The monoisotopic (exact) mass is 449 g/mol. The van der Waals surface area contributed by atoms with Gasteiger partial charge in [-0.3, -0.25) is 13.8 Å². The van der Waals surface area contributed by atoms with Crippen LogP contribution in [0.3, 0.4) is 0 Å². The number of aromatic nitrogens is 6. The first-order valence-electron chi connectivity index (χ1n) is 9.63. The minimum Gasteiger partial charge on any atom is -0.330 e. The van der Waals surface area contributed by atoms with E-state index in [2.05, 4.69) is 44.8 Å². The zero-order valence-electron chi connectivity index (χ0n) is 17.2. The highest BCUT2D eigenvalue weighted by Crippen LogP contribution is 2.30. The SMILES string of the molecule is Cc1ccc(Nc2nnc(SCc3nnc4n(C)c(=O)c5cc(C)ccc5n34)s2)cc1. The van der Waals surface area contributed by atoms with E-state index in [1.807, 2.05) is 41.7 Å². The smallest absolute Gasteiger partial charge is 0.262 e. The highest BCUT2D eigenvalue weighted by molar-refractivity contribution is 8.00. The van der Waals surface area contributed by atoms with Crippen LogP contribution in [0.25, 0.3) is 16.7 Å². The number of aryl methyl sites for hydroxylation is 3. The summed E-state index contributed by atoms with van der Waals surface area (Å²) >= 11 is 3.03. The second kappa shape index (κ2) is 7.78. The van der Waals surface area contributed by atoms with Gasteiger partial charge in [0.15, 0.2) is 4.34 Å². The molecule has 0 radical (unpaired) electrons. The molecule has 0 atom stereocenters. The maximum atomic E-state index is 12.7. The summed E-state index contributed by atoms with van der Waals surface area (Å²) in [6.07, 6.45) is 0. The number of nitrogens with one attached hydrogen (secondary N) is 1. The molecule has 1 N–H and O–H groups in total. The van der Waals surface area contributed by atoms with Crippen LogP contribution in [0.4, 0.5) is 10.8 Å². The zero-order valence-corrected chi connectivity index (χ0v) is 18.8. The van der Waals surface area contributed by atoms with Crippen LogP contribution < -0.4 is 10.9 Å². The van der Waals surface area contributed by atoms with Crippen LogP contribution in [-0.2, 0) is 12.8 Å². The largest absolute Gasteiger partial charge is 0.330 e. The van der Waals surface area contributed by atoms with E-state index in [1.165, 1.54) is 21.5 Å². The second-order valence-corrected chi connectivity index (χ2v) is 9.49. The summed E-state index contributed by atoms with van der Waals surface area (Å²) in [6.45, 7) is 4.03. The fourth-order valence-corrected chi connectivity index (χ4v) is 5.04. The van der Waals surface area contributed by atoms with Crippen LogP contribution in [0, 0.1) is 13.8 Å². The summed E-state index contributed by atoms with van der Waals surface area (Å²) in [7, 11) is 1.72. The van der Waals surface area contributed by atoms with E-state index < -0.39 is 0 Å². The van der Waals surface area contributed by atoms with Crippen LogP contribution in [0.15, 0.2) is 51.6 Å². The van der Waals surface area contributed by atoms with Crippen LogP contribution in [0.2, 0.25) is 0 Å². The van der Waals surface area contributed by atoms with Crippen molar-refractivity contribution in [3.8, 4) is 0 Å². The molecular formula is C21H19N7OS2. The molecule has 0 fully saturated rings. The molecule has 0 bridgehead atoms. The normalized spacial score (nSPS) is 11.5. The van der Waals surface area contributed by atoms with Gasteiger partial charge in [-0.05, 0) is 38.1 Å². The maximum Gasteiger partial charge on any atom is 0.262 e. The summed E-state index contributed by atoms with van der Waals surface area (Å²) < 4.78 is 4.31. The number of fused-ring (bicyclic) bond motifs is 3. The fraction of sp³-hybridized carbons (Fsp3) is 0.190. The van der Waals surface area contributed by atoms with Gasteiger partial charge < -0.3 is 5.32 Å². The molecule has 2 aromatic carbocycles. The highest BCUT2D eigenvalue weighted by atomic mass is 32.2. The Hall–Kier alpha value is -3.24. The third-order valence-corrected chi connectivity index (χ3v) is 6.94. The summed E-state index contributed by atoms with van der Waals surface area (Å²) in [4.78, 5) is 12.7. The van der Waals surface area contributed by atoms with Crippen LogP contribution >= 0.6 is 23.1 Å². The number of hydrogen-bond donors (Lipinski definition) is 1. The van der Waals surface area contributed by atoms with E-state index in [9.17, 15) is 4.79 Å². The van der Waals surface area contributed by atoms with Crippen molar-refractivity contribution in [2.24, 2.45) is 7.05 Å². The predicted molar refractivity (Wildman–Crippen MR) is 124 cm³/mol. The molecule has 0 aliphatic carbocycles. The van der Waals surface area contributed by atoms with Crippen molar-refractivity contribution in [1.29, 1.82) is 0 Å². The minimum atomic E-state index is -0.0752. The third-order valence-electron chi connectivity index (χ3n) is 4.98. The molecule has 5 rings (SSSR count). The van der Waals surface area contributed by atoms with Crippen molar-refractivity contribution in [1.82, 2.24) is 29.4 Å². The van der Waals surface area contributed by atoms with Crippen LogP contribution in [0.5, 0.6) is 0 Å². The average molecular weight is 450 g/mol. The lowest BCUT2D eigenvalue weighted by atomic mass is 10.1. The van der Waals surface area contributed by atoms with Crippen LogP contribution in [0.1, 0.15) is 17.0 Å². The molecule has 0 aliphatic heterocycles. The zero-order chi connectivity index (χ0) is 21.5. The molecule has 0 saturated heterocycles. The van der Waals surface area contributed by atoms with Crippen molar-refractivity contribution >= 4 is 50.6 Å². The van der Waals surface area contributed by atoms with Gasteiger partial charge in [0.05, 0.1) is 16.7 Å². The Labute approximate surface area is 186 Å². The molecule has 3 heterocycles. The van der Waals surface area contributed by atoms with Gasteiger partial charge in [0, 0.05) is 12.7 Å². The summed E-state index contributed by atoms with van der Waals surface area (Å²) in [5.41, 5.74) is 3.96. The lowest BCUT2D eigenvalue weighted by molar-refractivity contribution is 0.857. The highest BCUT2D eigenvalue weighted by Gasteiger charge is 2.16. The van der Waals surface area contributed by atoms with Crippen LogP contribution in [-0.4, -0.2) is 29.4 Å². The second-order valence-electron chi connectivity index (χ2n) is 7.29. The Morgan fingerprint density at radius 1 is 1.00 bits per heavy atom. The lowest BCUT2D eigenvalue weighted by Crippen LogP contribution is -2.20. The van der Waals surface area contributed by atoms with Gasteiger partial charge in [0.1, 0.15) is 5.82 Å². The minimum absolute atomic E-state index is 0.0752. The first kappa shape index (κ1) is 19.7. The molecule has 0 saturated carbocycles.